The van der Waals surface area contributed by atoms with Gasteiger partial charge in [0, 0.05) is 22.8 Å². The van der Waals surface area contributed by atoms with Crippen molar-refractivity contribution in [1.82, 2.24) is 9.80 Å². The van der Waals surface area contributed by atoms with E-state index in [-0.39, 0.29) is 6.04 Å². The van der Waals surface area contributed by atoms with E-state index in [1.54, 1.807) is 11.3 Å². The van der Waals surface area contributed by atoms with Gasteiger partial charge in [-0.3, -0.25) is 9.69 Å². The third kappa shape index (κ3) is 3.17. The van der Waals surface area contributed by atoms with Crippen LogP contribution < -0.4 is 0 Å². The van der Waals surface area contributed by atoms with Gasteiger partial charge >= 0.3 is 0 Å². The molecule has 3 nitrogen and oxygen atoms in total. The first-order valence-electron chi connectivity index (χ1n) is 8.84. The lowest BCUT2D eigenvalue weighted by Gasteiger charge is -2.38. The molecule has 0 radical (unpaired) electrons. The standard InChI is InChI=1S/C19H24N2OS2/c1-14-4-2-8-20(12-14)13-18(22)21-9-6-16-15(7-11-24-16)19(21)17-5-3-10-23-17/h3,5,7,10-11,14,19H,2,4,6,8-9,12-13H2,1H3. The second-order valence-corrected chi connectivity index (χ2v) is 9.02. The third-order valence-corrected chi connectivity index (χ3v) is 7.12. The van der Waals surface area contributed by atoms with Gasteiger partial charge in [-0.25, -0.2) is 0 Å². The minimum absolute atomic E-state index is 0.120. The molecule has 2 aromatic rings. The van der Waals surface area contributed by atoms with Gasteiger partial charge in [0.05, 0.1) is 12.6 Å². The highest BCUT2D eigenvalue weighted by atomic mass is 32.1. The molecular formula is C19H24N2OS2. The van der Waals surface area contributed by atoms with E-state index in [1.807, 2.05) is 11.3 Å². The summed E-state index contributed by atoms with van der Waals surface area (Å²) in [6.45, 7) is 5.85. The SMILES string of the molecule is CC1CCCN(CC(=O)N2CCc3sccc3C2c2cccs2)C1. The highest BCUT2D eigenvalue weighted by Gasteiger charge is 2.34. The van der Waals surface area contributed by atoms with Crippen LogP contribution in [0.3, 0.4) is 0 Å². The summed E-state index contributed by atoms with van der Waals surface area (Å²) in [7, 11) is 0. The molecule has 5 heteroatoms. The molecule has 0 saturated carbocycles. The molecule has 2 unspecified atom stereocenters. The van der Waals surface area contributed by atoms with Gasteiger partial charge in [-0.05, 0) is 60.2 Å². The van der Waals surface area contributed by atoms with Crippen molar-refractivity contribution in [2.24, 2.45) is 5.92 Å². The number of fused-ring (bicyclic) bond motifs is 1. The van der Waals surface area contributed by atoms with Crippen molar-refractivity contribution >= 4 is 28.6 Å². The molecule has 1 amide bonds. The maximum absolute atomic E-state index is 13.1. The summed E-state index contributed by atoms with van der Waals surface area (Å²) in [6.07, 6.45) is 3.51. The third-order valence-electron chi connectivity index (χ3n) is 5.20. The van der Waals surface area contributed by atoms with Gasteiger partial charge in [-0.15, -0.1) is 22.7 Å². The number of carbonyl (C=O) groups is 1. The van der Waals surface area contributed by atoms with Crippen molar-refractivity contribution in [3.8, 4) is 0 Å². The van der Waals surface area contributed by atoms with Crippen LogP contribution in [0.1, 0.15) is 41.1 Å². The lowest BCUT2D eigenvalue weighted by atomic mass is 9.97. The van der Waals surface area contributed by atoms with Gasteiger partial charge in [0.1, 0.15) is 0 Å². The Labute approximate surface area is 151 Å². The maximum atomic E-state index is 13.1. The quantitative estimate of drug-likeness (QED) is 0.825. The molecule has 128 valence electrons. The normalized spacial score (nSPS) is 24.8. The Kier molecular flexibility index (Phi) is 4.74. The molecule has 2 atom stereocenters. The summed E-state index contributed by atoms with van der Waals surface area (Å²) in [4.78, 5) is 20.3. The molecule has 2 aliphatic heterocycles. The fourth-order valence-electron chi connectivity index (χ4n) is 4.05. The van der Waals surface area contributed by atoms with E-state index in [4.69, 9.17) is 0 Å². The molecule has 24 heavy (non-hydrogen) atoms. The minimum Gasteiger partial charge on any atom is -0.329 e. The van der Waals surface area contributed by atoms with Gasteiger partial charge in [0.25, 0.3) is 0 Å². The fraction of sp³-hybridized carbons (Fsp3) is 0.526. The fourth-order valence-corrected chi connectivity index (χ4v) is 5.81. The Hall–Kier alpha value is -1.17. The smallest absolute Gasteiger partial charge is 0.237 e. The largest absolute Gasteiger partial charge is 0.329 e. The molecule has 4 heterocycles. The topological polar surface area (TPSA) is 23.6 Å². The van der Waals surface area contributed by atoms with E-state index in [9.17, 15) is 4.79 Å². The van der Waals surface area contributed by atoms with Gasteiger partial charge in [0.15, 0.2) is 0 Å². The molecule has 2 aromatic heterocycles. The highest BCUT2D eigenvalue weighted by molar-refractivity contribution is 7.10. The number of likely N-dealkylation sites (tertiary alicyclic amines) is 1. The van der Waals surface area contributed by atoms with Gasteiger partial charge < -0.3 is 4.90 Å². The van der Waals surface area contributed by atoms with Crippen LogP contribution >= 0.6 is 22.7 Å². The predicted molar refractivity (Wildman–Crippen MR) is 101 cm³/mol. The maximum Gasteiger partial charge on any atom is 0.237 e. The zero-order valence-corrected chi connectivity index (χ0v) is 15.7. The van der Waals surface area contributed by atoms with Crippen LogP contribution in [0.4, 0.5) is 0 Å². The zero-order valence-electron chi connectivity index (χ0n) is 14.1. The summed E-state index contributed by atoms with van der Waals surface area (Å²) in [6, 6.07) is 6.60. The summed E-state index contributed by atoms with van der Waals surface area (Å²) in [5, 5.41) is 4.29. The molecule has 4 rings (SSSR count). The van der Waals surface area contributed by atoms with E-state index >= 15 is 0 Å². The Morgan fingerprint density at radius 2 is 2.17 bits per heavy atom. The molecule has 0 N–H and O–H groups in total. The minimum atomic E-state index is 0.120. The van der Waals surface area contributed by atoms with Crippen LogP contribution in [-0.4, -0.2) is 41.9 Å². The Balaban J connectivity index is 1.56. The average Bonchev–Trinajstić information content (AvgIpc) is 3.25. The number of rotatable bonds is 3. The molecule has 1 saturated heterocycles. The molecule has 0 aromatic carbocycles. The number of carbonyl (C=O) groups excluding carboxylic acids is 1. The number of amides is 1. The summed E-state index contributed by atoms with van der Waals surface area (Å²) < 4.78 is 0. The summed E-state index contributed by atoms with van der Waals surface area (Å²) in [5.41, 5.74) is 1.34. The van der Waals surface area contributed by atoms with Crippen LogP contribution in [0.5, 0.6) is 0 Å². The lowest BCUT2D eigenvalue weighted by molar-refractivity contribution is -0.134. The van der Waals surface area contributed by atoms with Gasteiger partial charge in [0.2, 0.25) is 5.91 Å². The molecule has 1 fully saturated rings. The Morgan fingerprint density at radius 1 is 1.25 bits per heavy atom. The first-order valence-corrected chi connectivity index (χ1v) is 10.6. The second-order valence-electron chi connectivity index (χ2n) is 7.04. The molecule has 0 bridgehead atoms. The number of hydrogen-bond acceptors (Lipinski definition) is 4. The number of nitrogens with zero attached hydrogens (tertiary/aromatic N) is 2. The van der Waals surface area contributed by atoms with Crippen molar-refractivity contribution < 1.29 is 4.79 Å². The monoisotopic (exact) mass is 360 g/mol. The number of thiophene rings is 2. The Morgan fingerprint density at radius 3 is 2.96 bits per heavy atom. The molecular weight excluding hydrogens is 336 g/mol. The van der Waals surface area contributed by atoms with Crippen LogP contribution in [0.25, 0.3) is 0 Å². The van der Waals surface area contributed by atoms with E-state index in [1.165, 1.54) is 28.2 Å². The van der Waals surface area contributed by atoms with Crippen LogP contribution in [0.15, 0.2) is 29.0 Å². The Bertz CT molecular complexity index is 694. The highest BCUT2D eigenvalue weighted by Crippen LogP contribution is 2.39. The van der Waals surface area contributed by atoms with E-state index < -0.39 is 0 Å². The van der Waals surface area contributed by atoms with Crippen molar-refractivity contribution in [2.45, 2.75) is 32.2 Å². The van der Waals surface area contributed by atoms with Crippen molar-refractivity contribution in [2.75, 3.05) is 26.2 Å². The summed E-state index contributed by atoms with van der Waals surface area (Å²) >= 11 is 3.59. The van der Waals surface area contributed by atoms with Crippen LogP contribution in [-0.2, 0) is 11.2 Å². The van der Waals surface area contributed by atoms with Crippen molar-refractivity contribution in [1.29, 1.82) is 0 Å². The predicted octanol–water partition coefficient (Wildman–Crippen LogP) is 4.02. The van der Waals surface area contributed by atoms with Crippen molar-refractivity contribution in [3.05, 3.63) is 44.3 Å². The first-order chi connectivity index (χ1) is 11.7. The number of hydrogen-bond donors (Lipinski definition) is 0. The van der Waals surface area contributed by atoms with E-state index in [0.717, 1.165) is 26.1 Å². The zero-order chi connectivity index (χ0) is 16.5. The second kappa shape index (κ2) is 6.98. The van der Waals surface area contributed by atoms with E-state index in [0.29, 0.717) is 18.4 Å². The summed E-state index contributed by atoms with van der Waals surface area (Å²) in [5.74, 6) is 1.00. The van der Waals surface area contributed by atoms with Gasteiger partial charge in [-0.2, -0.15) is 0 Å². The van der Waals surface area contributed by atoms with Crippen LogP contribution in [0, 0.1) is 5.92 Å². The molecule has 2 aliphatic rings. The number of piperidine rings is 1. The lowest BCUT2D eigenvalue weighted by Crippen LogP contribution is -2.47. The molecule has 0 spiro atoms. The van der Waals surface area contributed by atoms with E-state index in [2.05, 4.69) is 45.7 Å². The van der Waals surface area contributed by atoms with Gasteiger partial charge in [-0.1, -0.05) is 13.0 Å². The first kappa shape index (κ1) is 16.3. The van der Waals surface area contributed by atoms with Crippen LogP contribution in [0.2, 0.25) is 0 Å². The molecule has 0 aliphatic carbocycles. The van der Waals surface area contributed by atoms with Crippen molar-refractivity contribution in [3.63, 3.8) is 0 Å². The average molecular weight is 361 g/mol.